The molecule has 1 aromatic heterocycles. The first-order chi connectivity index (χ1) is 20.0. The summed E-state index contributed by atoms with van der Waals surface area (Å²) in [5, 5.41) is 4.38. The number of esters is 1. The summed E-state index contributed by atoms with van der Waals surface area (Å²) in [5.74, 6) is 1.53. The van der Waals surface area contributed by atoms with Gasteiger partial charge >= 0.3 is 5.97 Å². The van der Waals surface area contributed by atoms with Gasteiger partial charge in [0, 0.05) is 12.0 Å². The van der Waals surface area contributed by atoms with E-state index < -0.39 is 0 Å². The molecule has 8 heteroatoms. The number of hydrogen-bond donors (Lipinski definition) is 0. The van der Waals surface area contributed by atoms with Gasteiger partial charge in [0.25, 0.3) is 0 Å². The molecule has 0 aliphatic rings. The van der Waals surface area contributed by atoms with Crippen LogP contribution in [0.5, 0.6) is 5.75 Å². The van der Waals surface area contributed by atoms with Gasteiger partial charge in [-0.05, 0) is 73.7 Å². The van der Waals surface area contributed by atoms with Gasteiger partial charge in [-0.2, -0.15) is 0 Å². The van der Waals surface area contributed by atoms with Crippen molar-refractivity contribution in [3.05, 3.63) is 107 Å². The lowest BCUT2D eigenvalue weighted by molar-refractivity contribution is -0.140. The average Bonchev–Trinajstić information content (AvgIpc) is 3.38. The Balaban J connectivity index is 1.28. The van der Waals surface area contributed by atoms with Crippen LogP contribution in [0.3, 0.4) is 0 Å². The molecule has 0 aliphatic carbocycles. The second kappa shape index (κ2) is 15.4. The van der Waals surface area contributed by atoms with Gasteiger partial charge in [-0.15, -0.1) is 0 Å². The van der Waals surface area contributed by atoms with Gasteiger partial charge in [-0.1, -0.05) is 60.5 Å². The van der Waals surface area contributed by atoms with E-state index in [1.54, 1.807) is 12.1 Å². The number of carbonyl (C=O) groups excluding carboxylic acids is 1. The van der Waals surface area contributed by atoms with Crippen molar-refractivity contribution in [3.63, 3.8) is 0 Å². The highest BCUT2D eigenvalue weighted by molar-refractivity contribution is 6.00. The standard InChI is InChI=1S/C33H35FN2O5/c1-24-31(35-33(41-24)27-10-6-5-7-11-27)23-39-29-20-14-25(15-21-29)22-40-36-30(26-16-18-28(34)19-17-26)12-8-3-4-9-13-32(37)38-2/h5-7,10-11,14-21H,3-4,8-9,12-13,22-23H2,1-2H3/b36-30+. The van der Waals surface area contributed by atoms with Crippen LogP contribution in [-0.2, 0) is 27.6 Å². The predicted octanol–water partition coefficient (Wildman–Crippen LogP) is 7.80. The monoisotopic (exact) mass is 558 g/mol. The van der Waals surface area contributed by atoms with Crippen LogP contribution < -0.4 is 4.74 Å². The number of benzene rings is 3. The highest BCUT2D eigenvalue weighted by Crippen LogP contribution is 2.23. The number of hydrogen-bond acceptors (Lipinski definition) is 7. The number of methoxy groups -OCH3 is 1. The Morgan fingerprint density at radius 3 is 2.29 bits per heavy atom. The minimum Gasteiger partial charge on any atom is -0.487 e. The number of oxazole rings is 1. The van der Waals surface area contributed by atoms with E-state index in [0.717, 1.165) is 59.5 Å². The number of rotatable bonds is 15. The number of unbranched alkanes of at least 4 members (excludes halogenated alkanes) is 3. The Hall–Kier alpha value is -4.46. The molecule has 4 rings (SSSR count). The van der Waals surface area contributed by atoms with Crippen LogP contribution in [-0.4, -0.2) is 23.8 Å². The molecule has 0 aliphatic heterocycles. The molecule has 0 saturated carbocycles. The zero-order chi connectivity index (χ0) is 28.9. The van der Waals surface area contributed by atoms with Gasteiger partial charge in [0.2, 0.25) is 5.89 Å². The first-order valence-corrected chi connectivity index (χ1v) is 13.8. The Morgan fingerprint density at radius 1 is 0.878 bits per heavy atom. The number of ether oxygens (including phenoxy) is 2. The molecule has 1 heterocycles. The fourth-order valence-electron chi connectivity index (χ4n) is 4.19. The summed E-state index contributed by atoms with van der Waals surface area (Å²) in [6, 6.07) is 23.6. The Labute approximate surface area is 240 Å². The largest absolute Gasteiger partial charge is 0.487 e. The molecule has 0 amide bonds. The molecule has 0 saturated heterocycles. The summed E-state index contributed by atoms with van der Waals surface area (Å²) in [6.45, 7) is 2.46. The fourth-order valence-corrected chi connectivity index (χ4v) is 4.19. The molecule has 0 bridgehead atoms. The van der Waals surface area contributed by atoms with E-state index in [-0.39, 0.29) is 18.4 Å². The Morgan fingerprint density at radius 2 is 1.59 bits per heavy atom. The van der Waals surface area contributed by atoms with Gasteiger partial charge in [-0.3, -0.25) is 4.79 Å². The lowest BCUT2D eigenvalue weighted by Crippen LogP contribution is -2.03. The predicted molar refractivity (Wildman–Crippen MR) is 155 cm³/mol. The van der Waals surface area contributed by atoms with E-state index >= 15 is 0 Å². The molecule has 41 heavy (non-hydrogen) atoms. The van der Waals surface area contributed by atoms with Crippen LogP contribution in [0, 0.1) is 12.7 Å². The number of oxime groups is 1. The lowest BCUT2D eigenvalue weighted by atomic mass is 10.0. The minimum atomic E-state index is -0.297. The first kappa shape index (κ1) is 29.5. The summed E-state index contributed by atoms with van der Waals surface area (Å²) in [5.41, 5.74) is 4.19. The number of aryl methyl sites for hydroxylation is 1. The molecule has 0 atom stereocenters. The van der Waals surface area contributed by atoms with Crippen LogP contribution in [0.15, 0.2) is 88.4 Å². The number of nitrogens with zero attached hydrogens (tertiary/aromatic N) is 2. The lowest BCUT2D eigenvalue weighted by Gasteiger charge is -2.09. The maximum atomic E-state index is 13.5. The van der Waals surface area contributed by atoms with Crippen LogP contribution >= 0.6 is 0 Å². The van der Waals surface area contributed by atoms with Crippen molar-refractivity contribution < 1.29 is 27.9 Å². The zero-order valence-electron chi connectivity index (χ0n) is 23.5. The summed E-state index contributed by atoms with van der Waals surface area (Å²) in [4.78, 5) is 21.5. The van der Waals surface area contributed by atoms with E-state index in [4.69, 9.17) is 14.0 Å². The van der Waals surface area contributed by atoms with E-state index in [9.17, 15) is 9.18 Å². The molecule has 0 radical (unpaired) electrons. The van der Waals surface area contributed by atoms with Crippen LogP contribution in [0.25, 0.3) is 11.5 Å². The van der Waals surface area contributed by atoms with Crippen LogP contribution in [0.2, 0.25) is 0 Å². The highest BCUT2D eigenvalue weighted by atomic mass is 19.1. The third kappa shape index (κ3) is 9.31. The third-order valence-corrected chi connectivity index (χ3v) is 6.57. The van der Waals surface area contributed by atoms with Crippen molar-refractivity contribution in [2.45, 2.75) is 58.7 Å². The van der Waals surface area contributed by atoms with Gasteiger partial charge in [-0.25, -0.2) is 9.37 Å². The Bertz CT molecular complexity index is 1400. The SMILES string of the molecule is COC(=O)CCCCCC/C(=N\OCc1ccc(OCc2nc(-c3ccccc3)oc2C)cc1)c1ccc(F)cc1. The maximum Gasteiger partial charge on any atom is 0.305 e. The number of carbonyl (C=O) groups is 1. The van der Waals surface area contributed by atoms with Crippen molar-refractivity contribution in [2.24, 2.45) is 5.16 Å². The molecule has 0 N–H and O–H groups in total. The number of aromatic nitrogens is 1. The van der Waals surface area contributed by atoms with Crippen molar-refractivity contribution >= 4 is 11.7 Å². The Kier molecular flexibility index (Phi) is 11.1. The molecule has 0 unspecified atom stereocenters. The average molecular weight is 559 g/mol. The molecular formula is C33H35FN2O5. The highest BCUT2D eigenvalue weighted by Gasteiger charge is 2.12. The smallest absolute Gasteiger partial charge is 0.305 e. The fraction of sp³-hybridized carbons (Fsp3) is 0.303. The van der Waals surface area contributed by atoms with E-state index in [1.165, 1.54) is 19.2 Å². The quantitative estimate of drug-likeness (QED) is 0.0641. The van der Waals surface area contributed by atoms with Gasteiger partial charge in [0.15, 0.2) is 0 Å². The molecule has 7 nitrogen and oxygen atoms in total. The van der Waals surface area contributed by atoms with Crippen molar-refractivity contribution in [1.82, 2.24) is 4.98 Å². The summed E-state index contributed by atoms with van der Waals surface area (Å²) >= 11 is 0. The normalized spacial score (nSPS) is 11.3. The zero-order valence-corrected chi connectivity index (χ0v) is 23.5. The second-order valence-corrected chi connectivity index (χ2v) is 9.63. The summed E-state index contributed by atoms with van der Waals surface area (Å²) in [7, 11) is 1.40. The molecular weight excluding hydrogens is 523 g/mol. The molecule has 4 aromatic rings. The van der Waals surface area contributed by atoms with E-state index in [2.05, 4.69) is 14.9 Å². The summed E-state index contributed by atoms with van der Waals surface area (Å²) in [6.07, 6.45) is 4.65. The first-order valence-electron chi connectivity index (χ1n) is 13.8. The van der Waals surface area contributed by atoms with Crippen LogP contribution in [0.1, 0.15) is 61.1 Å². The maximum absolute atomic E-state index is 13.5. The summed E-state index contributed by atoms with van der Waals surface area (Å²) < 4.78 is 29.9. The molecule has 214 valence electrons. The third-order valence-electron chi connectivity index (χ3n) is 6.57. The number of halogens is 1. The minimum absolute atomic E-state index is 0.186. The topological polar surface area (TPSA) is 83.2 Å². The second-order valence-electron chi connectivity index (χ2n) is 9.63. The molecule has 0 spiro atoms. The van der Waals surface area contributed by atoms with Crippen LogP contribution in [0.4, 0.5) is 4.39 Å². The van der Waals surface area contributed by atoms with Gasteiger partial charge < -0.3 is 18.7 Å². The molecule has 0 fully saturated rings. The van der Waals surface area contributed by atoms with Gasteiger partial charge in [0.05, 0.1) is 12.8 Å². The van der Waals surface area contributed by atoms with E-state index in [0.29, 0.717) is 31.1 Å². The molecule has 3 aromatic carbocycles. The van der Waals surface area contributed by atoms with Crippen molar-refractivity contribution in [1.29, 1.82) is 0 Å². The van der Waals surface area contributed by atoms with Crippen molar-refractivity contribution in [2.75, 3.05) is 7.11 Å². The van der Waals surface area contributed by atoms with Gasteiger partial charge in [0.1, 0.15) is 36.2 Å². The van der Waals surface area contributed by atoms with Crippen molar-refractivity contribution in [3.8, 4) is 17.2 Å². The van der Waals surface area contributed by atoms with E-state index in [1.807, 2.05) is 61.5 Å².